The molecular formula is C13H12BrFN2O2. The number of methoxy groups -OCH3 is 1. The Morgan fingerprint density at radius 2 is 2.21 bits per heavy atom. The van der Waals surface area contributed by atoms with Gasteiger partial charge in [-0.1, -0.05) is 15.9 Å². The van der Waals surface area contributed by atoms with Gasteiger partial charge in [0.1, 0.15) is 11.5 Å². The van der Waals surface area contributed by atoms with E-state index in [0.29, 0.717) is 22.4 Å². The molecule has 0 fully saturated rings. The Morgan fingerprint density at radius 3 is 2.89 bits per heavy atom. The lowest BCUT2D eigenvalue weighted by Gasteiger charge is -2.06. The third-order valence-electron chi connectivity index (χ3n) is 2.55. The number of esters is 1. The van der Waals surface area contributed by atoms with Gasteiger partial charge in [0, 0.05) is 10.2 Å². The minimum absolute atomic E-state index is 0.339. The highest BCUT2D eigenvalue weighted by Gasteiger charge is 2.08. The summed E-state index contributed by atoms with van der Waals surface area (Å²) < 4.78 is 18.8. The van der Waals surface area contributed by atoms with Gasteiger partial charge in [-0.05, 0) is 30.3 Å². The number of aromatic amines is 1. The van der Waals surface area contributed by atoms with Crippen LogP contribution in [0.3, 0.4) is 0 Å². The first-order valence-electron chi connectivity index (χ1n) is 5.55. The molecule has 0 aliphatic heterocycles. The molecule has 2 N–H and O–H groups in total. The number of carbonyl (C=O) groups is 1. The standard InChI is InChI=1S/C13H12BrFN2O2/c1-19-13(18)12-5-3-9(17-12)7-16-11-4-2-8(14)6-10(11)15/h2-6,16-17H,7H2,1H3. The van der Waals surface area contributed by atoms with Gasteiger partial charge in [-0.3, -0.25) is 0 Å². The van der Waals surface area contributed by atoms with E-state index in [1.807, 2.05) is 0 Å². The number of ether oxygens (including phenoxy) is 1. The van der Waals surface area contributed by atoms with Crippen LogP contribution in [0.25, 0.3) is 0 Å². The summed E-state index contributed by atoms with van der Waals surface area (Å²) in [5.41, 5.74) is 1.54. The quantitative estimate of drug-likeness (QED) is 0.847. The lowest BCUT2D eigenvalue weighted by atomic mass is 10.3. The highest BCUT2D eigenvalue weighted by Crippen LogP contribution is 2.19. The van der Waals surface area contributed by atoms with Crippen molar-refractivity contribution in [3.8, 4) is 0 Å². The molecule has 4 nitrogen and oxygen atoms in total. The molecule has 0 unspecified atom stereocenters. The molecule has 0 saturated heterocycles. The molecule has 1 aromatic heterocycles. The molecule has 0 bridgehead atoms. The minimum atomic E-state index is -0.430. The van der Waals surface area contributed by atoms with Crippen LogP contribution in [0, 0.1) is 5.82 Å². The molecule has 1 aromatic carbocycles. The molecule has 0 saturated carbocycles. The maximum Gasteiger partial charge on any atom is 0.354 e. The van der Waals surface area contributed by atoms with Crippen molar-refractivity contribution in [2.45, 2.75) is 6.54 Å². The Kier molecular flexibility index (Phi) is 4.21. The maximum absolute atomic E-state index is 13.6. The summed E-state index contributed by atoms with van der Waals surface area (Å²) in [5.74, 6) is -0.768. The van der Waals surface area contributed by atoms with E-state index in [-0.39, 0.29) is 5.82 Å². The maximum atomic E-state index is 13.6. The van der Waals surface area contributed by atoms with Crippen LogP contribution in [-0.4, -0.2) is 18.1 Å². The fourth-order valence-corrected chi connectivity index (χ4v) is 1.93. The molecule has 0 aliphatic carbocycles. The Hall–Kier alpha value is -1.82. The Balaban J connectivity index is 2.02. The summed E-state index contributed by atoms with van der Waals surface area (Å²) >= 11 is 3.19. The largest absolute Gasteiger partial charge is 0.464 e. The van der Waals surface area contributed by atoms with E-state index in [2.05, 4.69) is 31.0 Å². The fourth-order valence-electron chi connectivity index (χ4n) is 1.60. The third-order valence-corrected chi connectivity index (χ3v) is 3.05. The van der Waals surface area contributed by atoms with Crippen LogP contribution in [0.4, 0.5) is 10.1 Å². The van der Waals surface area contributed by atoms with Crippen molar-refractivity contribution in [2.24, 2.45) is 0 Å². The van der Waals surface area contributed by atoms with Gasteiger partial charge >= 0.3 is 5.97 Å². The first kappa shape index (κ1) is 13.6. The molecule has 0 spiro atoms. The van der Waals surface area contributed by atoms with Crippen LogP contribution in [0.2, 0.25) is 0 Å². The van der Waals surface area contributed by atoms with E-state index < -0.39 is 5.97 Å². The molecule has 0 atom stereocenters. The molecule has 6 heteroatoms. The van der Waals surface area contributed by atoms with Gasteiger partial charge in [-0.25, -0.2) is 9.18 Å². The highest BCUT2D eigenvalue weighted by atomic mass is 79.9. The van der Waals surface area contributed by atoms with Crippen LogP contribution in [-0.2, 0) is 11.3 Å². The number of aromatic nitrogens is 1. The normalized spacial score (nSPS) is 10.3. The van der Waals surface area contributed by atoms with E-state index in [4.69, 9.17) is 0 Å². The van der Waals surface area contributed by atoms with Crippen molar-refractivity contribution in [3.63, 3.8) is 0 Å². The van der Waals surface area contributed by atoms with Crippen molar-refractivity contribution >= 4 is 27.6 Å². The van der Waals surface area contributed by atoms with Crippen LogP contribution < -0.4 is 5.32 Å². The molecule has 1 heterocycles. The monoisotopic (exact) mass is 326 g/mol. The lowest BCUT2D eigenvalue weighted by molar-refractivity contribution is 0.0594. The molecule has 19 heavy (non-hydrogen) atoms. The zero-order chi connectivity index (χ0) is 13.8. The van der Waals surface area contributed by atoms with Gasteiger partial charge in [0.05, 0.1) is 19.3 Å². The van der Waals surface area contributed by atoms with Gasteiger partial charge in [0.15, 0.2) is 0 Å². The first-order chi connectivity index (χ1) is 9.10. The summed E-state index contributed by atoms with van der Waals surface area (Å²) in [5, 5.41) is 2.95. The zero-order valence-corrected chi connectivity index (χ0v) is 11.8. The molecule has 0 aliphatic rings. The second-order valence-corrected chi connectivity index (χ2v) is 4.78. The highest BCUT2D eigenvalue weighted by molar-refractivity contribution is 9.10. The topological polar surface area (TPSA) is 54.1 Å². The average Bonchev–Trinajstić information content (AvgIpc) is 2.85. The smallest absolute Gasteiger partial charge is 0.354 e. The second kappa shape index (κ2) is 5.88. The fraction of sp³-hybridized carbons (Fsp3) is 0.154. The first-order valence-corrected chi connectivity index (χ1v) is 6.34. The van der Waals surface area contributed by atoms with Crippen LogP contribution in [0.1, 0.15) is 16.2 Å². The molecular weight excluding hydrogens is 315 g/mol. The zero-order valence-electron chi connectivity index (χ0n) is 10.2. The molecule has 2 rings (SSSR count). The van der Waals surface area contributed by atoms with Crippen LogP contribution >= 0.6 is 15.9 Å². The molecule has 0 amide bonds. The van der Waals surface area contributed by atoms with Gasteiger partial charge < -0.3 is 15.0 Å². The summed E-state index contributed by atoms with van der Waals surface area (Å²) in [6, 6.07) is 8.15. The van der Waals surface area contributed by atoms with E-state index in [9.17, 15) is 9.18 Å². The van der Waals surface area contributed by atoms with Crippen molar-refractivity contribution in [3.05, 3.63) is 52.0 Å². The van der Waals surface area contributed by atoms with Crippen molar-refractivity contribution in [1.82, 2.24) is 4.98 Å². The second-order valence-electron chi connectivity index (χ2n) is 3.87. The number of nitrogens with one attached hydrogen (secondary N) is 2. The van der Waals surface area contributed by atoms with Crippen LogP contribution in [0.5, 0.6) is 0 Å². The van der Waals surface area contributed by atoms with E-state index >= 15 is 0 Å². The van der Waals surface area contributed by atoms with Gasteiger partial charge in [0.25, 0.3) is 0 Å². The molecule has 0 radical (unpaired) electrons. The summed E-state index contributed by atoms with van der Waals surface area (Å²) in [6.07, 6.45) is 0. The number of anilines is 1. The van der Waals surface area contributed by atoms with E-state index in [1.54, 1.807) is 24.3 Å². The van der Waals surface area contributed by atoms with Gasteiger partial charge in [-0.2, -0.15) is 0 Å². The number of benzene rings is 1. The van der Waals surface area contributed by atoms with Crippen molar-refractivity contribution in [1.29, 1.82) is 0 Å². The number of rotatable bonds is 4. The predicted molar refractivity (Wildman–Crippen MR) is 73.6 cm³/mol. The van der Waals surface area contributed by atoms with E-state index in [0.717, 1.165) is 5.69 Å². The molecule has 100 valence electrons. The predicted octanol–water partition coefficient (Wildman–Crippen LogP) is 3.32. The Labute approximate surface area is 118 Å². The Morgan fingerprint density at radius 1 is 1.42 bits per heavy atom. The van der Waals surface area contributed by atoms with Crippen molar-refractivity contribution < 1.29 is 13.9 Å². The van der Waals surface area contributed by atoms with Crippen molar-refractivity contribution in [2.75, 3.05) is 12.4 Å². The third kappa shape index (κ3) is 3.35. The van der Waals surface area contributed by atoms with Gasteiger partial charge in [-0.15, -0.1) is 0 Å². The number of hydrogen-bond donors (Lipinski definition) is 2. The number of halogens is 2. The number of hydrogen-bond acceptors (Lipinski definition) is 3. The minimum Gasteiger partial charge on any atom is -0.464 e. The average molecular weight is 327 g/mol. The number of carbonyl (C=O) groups excluding carboxylic acids is 1. The van der Waals surface area contributed by atoms with E-state index in [1.165, 1.54) is 13.2 Å². The lowest BCUT2D eigenvalue weighted by Crippen LogP contribution is -2.04. The van der Waals surface area contributed by atoms with Crippen LogP contribution in [0.15, 0.2) is 34.8 Å². The number of H-pyrrole nitrogens is 1. The summed E-state index contributed by atoms with van der Waals surface area (Å²) in [7, 11) is 1.32. The summed E-state index contributed by atoms with van der Waals surface area (Å²) in [4.78, 5) is 14.1. The Bertz CT molecular complexity index is 598. The summed E-state index contributed by atoms with van der Waals surface area (Å²) in [6.45, 7) is 0.384. The molecule has 2 aromatic rings. The van der Waals surface area contributed by atoms with Gasteiger partial charge in [0.2, 0.25) is 0 Å². The SMILES string of the molecule is COC(=O)c1ccc(CNc2ccc(Br)cc2F)[nH]1.